The summed E-state index contributed by atoms with van der Waals surface area (Å²) in [6.07, 6.45) is 1.75. The molecule has 30 heavy (non-hydrogen) atoms. The predicted octanol–water partition coefficient (Wildman–Crippen LogP) is 3.08. The first-order valence-electron chi connectivity index (χ1n) is 9.92. The van der Waals surface area contributed by atoms with E-state index in [1.807, 2.05) is 19.9 Å². The van der Waals surface area contributed by atoms with E-state index in [0.29, 0.717) is 18.7 Å². The molecule has 0 spiro atoms. The van der Waals surface area contributed by atoms with Crippen molar-refractivity contribution in [3.63, 3.8) is 0 Å². The Morgan fingerprint density at radius 3 is 2.20 bits per heavy atom. The zero-order valence-corrected chi connectivity index (χ0v) is 19.1. The van der Waals surface area contributed by atoms with Crippen molar-refractivity contribution in [2.24, 2.45) is 0 Å². The number of ether oxygens (including phenoxy) is 1. The van der Waals surface area contributed by atoms with Crippen molar-refractivity contribution in [1.29, 1.82) is 0 Å². The molecule has 0 saturated carbocycles. The van der Waals surface area contributed by atoms with Crippen molar-refractivity contribution in [3.8, 4) is 5.75 Å². The molecule has 2 aromatic rings. The highest BCUT2D eigenvalue weighted by Crippen LogP contribution is 2.28. The van der Waals surface area contributed by atoms with Crippen LogP contribution < -0.4 is 9.46 Å². The molecule has 164 valence electrons. The molecule has 1 aliphatic rings. The molecule has 1 saturated heterocycles. The van der Waals surface area contributed by atoms with Gasteiger partial charge in [0.15, 0.2) is 0 Å². The van der Waals surface area contributed by atoms with Crippen LogP contribution >= 0.6 is 0 Å². The Morgan fingerprint density at radius 2 is 1.63 bits per heavy atom. The highest BCUT2D eigenvalue weighted by Gasteiger charge is 2.27. The van der Waals surface area contributed by atoms with Gasteiger partial charge in [0.05, 0.1) is 12.0 Å². The molecule has 1 heterocycles. The molecule has 0 radical (unpaired) electrons. The smallest absolute Gasteiger partial charge is 0.244 e. The summed E-state index contributed by atoms with van der Waals surface area (Å²) < 4.78 is 60.2. The van der Waals surface area contributed by atoms with Crippen LogP contribution in [0.15, 0.2) is 52.3 Å². The SMILES string of the molecule is COc1ccc(C(C)C)cc1S(=O)(=O)NCc1ccc(S(=O)(=O)N2CCCC2)cc1. The van der Waals surface area contributed by atoms with Gasteiger partial charge in [-0.2, -0.15) is 4.31 Å². The first-order valence-corrected chi connectivity index (χ1v) is 12.8. The molecule has 2 aromatic carbocycles. The number of nitrogens with zero attached hydrogens (tertiary/aromatic N) is 1. The molecule has 0 aliphatic carbocycles. The van der Waals surface area contributed by atoms with E-state index in [-0.39, 0.29) is 28.0 Å². The van der Waals surface area contributed by atoms with Gasteiger partial charge in [-0.1, -0.05) is 32.0 Å². The molecule has 0 bridgehead atoms. The minimum atomic E-state index is -3.81. The van der Waals surface area contributed by atoms with E-state index in [1.54, 1.807) is 24.3 Å². The summed E-state index contributed by atoms with van der Waals surface area (Å²) in [5.41, 5.74) is 1.56. The summed E-state index contributed by atoms with van der Waals surface area (Å²) in [5.74, 6) is 0.453. The molecule has 9 heteroatoms. The highest BCUT2D eigenvalue weighted by atomic mass is 32.2. The zero-order chi connectivity index (χ0) is 21.9. The third kappa shape index (κ3) is 4.85. The van der Waals surface area contributed by atoms with Crippen LogP contribution in [0.1, 0.15) is 43.7 Å². The summed E-state index contributed by atoms with van der Waals surface area (Å²) in [5, 5.41) is 0. The first-order chi connectivity index (χ1) is 14.1. The van der Waals surface area contributed by atoms with E-state index in [2.05, 4.69) is 4.72 Å². The van der Waals surface area contributed by atoms with Crippen molar-refractivity contribution < 1.29 is 21.6 Å². The van der Waals surface area contributed by atoms with Gasteiger partial charge in [-0.05, 0) is 54.2 Å². The van der Waals surface area contributed by atoms with Gasteiger partial charge in [0, 0.05) is 19.6 Å². The maximum atomic E-state index is 12.9. The van der Waals surface area contributed by atoms with Crippen molar-refractivity contribution in [1.82, 2.24) is 9.03 Å². The van der Waals surface area contributed by atoms with Crippen LogP contribution in [0.5, 0.6) is 5.75 Å². The molecule has 1 fully saturated rings. The number of hydrogen-bond acceptors (Lipinski definition) is 5. The van der Waals surface area contributed by atoms with Gasteiger partial charge in [0.2, 0.25) is 20.0 Å². The van der Waals surface area contributed by atoms with Gasteiger partial charge in [-0.3, -0.25) is 0 Å². The van der Waals surface area contributed by atoms with Crippen molar-refractivity contribution in [2.75, 3.05) is 20.2 Å². The van der Waals surface area contributed by atoms with E-state index in [1.165, 1.54) is 23.5 Å². The van der Waals surface area contributed by atoms with Crippen LogP contribution in [-0.2, 0) is 26.6 Å². The lowest BCUT2D eigenvalue weighted by Gasteiger charge is -2.16. The Balaban J connectivity index is 1.76. The summed E-state index contributed by atoms with van der Waals surface area (Å²) in [6, 6.07) is 11.4. The van der Waals surface area contributed by atoms with Crippen molar-refractivity contribution in [2.45, 2.75) is 48.9 Å². The minimum Gasteiger partial charge on any atom is -0.495 e. The van der Waals surface area contributed by atoms with Crippen LogP contribution in [-0.4, -0.2) is 41.3 Å². The van der Waals surface area contributed by atoms with Crippen LogP contribution in [0.4, 0.5) is 0 Å². The van der Waals surface area contributed by atoms with E-state index in [4.69, 9.17) is 4.74 Å². The molecule has 1 N–H and O–H groups in total. The van der Waals surface area contributed by atoms with Crippen molar-refractivity contribution >= 4 is 20.0 Å². The molecule has 0 amide bonds. The third-order valence-electron chi connectivity index (χ3n) is 5.24. The minimum absolute atomic E-state index is 0.0431. The lowest BCUT2D eigenvalue weighted by molar-refractivity contribution is 0.402. The lowest BCUT2D eigenvalue weighted by atomic mass is 10.0. The molecule has 0 aromatic heterocycles. The van der Waals surface area contributed by atoms with Gasteiger partial charge in [-0.15, -0.1) is 0 Å². The fourth-order valence-electron chi connectivity index (χ4n) is 3.38. The summed E-state index contributed by atoms with van der Waals surface area (Å²) >= 11 is 0. The molecule has 3 rings (SSSR count). The van der Waals surface area contributed by atoms with Gasteiger partial charge < -0.3 is 4.74 Å². The second-order valence-electron chi connectivity index (χ2n) is 7.64. The number of nitrogens with one attached hydrogen (secondary N) is 1. The van der Waals surface area contributed by atoms with Crippen LogP contribution in [0.25, 0.3) is 0 Å². The molecular formula is C21H28N2O5S2. The topological polar surface area (TPSA) is 92.8 Å². The average Bonchev–Trinajstić information content (AvgIpc) is 3.28. The maximum Gasteiger partial charge on any atom is 0.244 e. The average molecular weight is 453 g/mol. The molecule has 0 unspecified atom stereocenters. The summed E-state index contributed by atoms with van der Waals surface area (Å²) in [6.45, 7) is 5.11. The van der Waals surface area contributed by atoms with E-state index < -0.39 is 20.0 Å². The number of methoxy groups -OCH3 is 1. The standard InChI is InChI=1S/C21H28N2O5S2/c1-16(2)18-8-11-20(28-3)21(14-18)29(24,25)22-15-17-6-9-19(10-7-17)30(26,27)23-12-4-5-13-23/h6-11,14,16,22H,4-5,12-13,15H2,1-3H3. The first kappa shape index (κ1) is 22.7. The van der Waals surface area contributed by atoms with Crippen LogP contribution in [0, 0.1) is 0 Å². The predicted molar refractivity (Wildman–Crippen MR) is 116 cm³/mol. The Morgan fingerprint density at radius 1 is 1.00 bits per heavy atom. The van der Waals surface area contributed by atoms with E-state index in [0.717, 1.165) is 18.4 Å². The third-order valence-corrected chi connectivity index (χ3v) is 8.57. The molecular weight excluding hydrogens is 424 g/mol. The Kier molecular flexibility index (Phi) is 6.86. The Hall–Kier alpha value is -1.94. The molecule has 0 atom stereocenters. The molecule has 7 nitrogen and oxygen atoms in total. The highest BCUT2D eigenvalue weighted by molar-refractivity contribution is 7.89. The van der Waals surface area contributed by atoms with Crippen LogP contribution in [0.2, 0.25) is 0 Å². The number of sulfonamides is 2. The van der Waals surface area contributed by atoms with E-state index >= 15 is 0 Å². The Bertz CT molecular complexity index is 1090. The fourth-order valence-corrected chi connectivity index (χ4v) is 6.11. The second kappa shape index (κ2) is 9.05. The van der Waals surface area contributed by atoms with Gasteiger partial charge in [0.25, 0.3) is 0 Å². The second-order valence-corrected chi connectivity index (χ2v) is 11.3. The largest absolute Gasteiger partial charge is 0.495 e. The fraction of sp³-hybridized carbons (Fsp3) is 0.429. The quantitative estimate of drug-likeness (QED) is 0.664. The number of hydrogen-bond donors (Lipinski definition) is 1. The number of rotatable bonds is 8. The maximum absolute atomic E-state index is 12.9. The zero-order valence-electron chi connectivity index (χ0n) is 17.5. The van der Waals surface area contributed by atoms with Crippen LogP contribution in [0.3, 0.4) is 0 Å². The number of benzene rings is 2. The van der Waals surface area contributed by atoms with E-state index in [9.17, 15) is 16.8 Å². The summed E-state index contributed by atoms with van der Waals surface area (Å²) in [4.78, 5) is 0.312. The Labute approximate surface area is 179 Å². The normalized spacial score (nSPS) is 15.6. The van der Waals surface area contributed by atoms with Gasteiger partial charge >= 0.3 is 0 Å². The monoisotopic (exact) mass is 452 g/mol. The van der Waals surface area contributed by atoms with Crippen molar-refractivity contribution in [3.05, 3.63) is 53.6 Å². The lowest BCUT2D eigenvalue weighted by Crippen LogP contribution is -2.28. The van der Waals surface area contributed by atoms with Gasteiger partial charge in [-0.25, -0.2) is 21.6 Å². The molecule has 1 aliphatic heterocycles. The van der Waals surface area contributed by atoms with Gasteiger partial charge in [0.1, 0.15) is 10.6 Å². The summed E-state index contributed by atoms with van der Waals surface area (Å²) in [7, 11) is -5.86.